The molecule has 1 atom stereocenters. The van der Waals surface area contributed by atoms with Gasteiger partial charge in [0.25, 0.3) is 5.91 Å². The van der Waals surface area contributed by atoms with Crippen molar-refractivity contribution in [3.05, 3.63) is 18.1 Å². The second-order valence-corrected chi connectivity index (χ2v) is 3.75. The normalized spacial score (nSPS) is 20.8. The third-order valence-corrected chi connectivity index (χ3v) is 2.50. The van der Waals surface area contributed by atoms with E-state index >= 15 is 0 Å². The lowest BCUT2D eigenvalue weighted by molar-refractivity contribution is 0.00325. The summed E-state index contributed by atoms with van der Waals surface area (Å²) in [6.07, 6.45) is 2.85. The molecule has 16 heavy (non-hydrogen) atoms. The third kappa shape index (κ3) is 2.11. The number of hydrogen-bond donors (Lipinski definition) is 1. The number of ether oxygens (including phenoxy) is 1. The monoisotopic (exact) mass is 222 g/mol. The molecule has 0 bridgehead atoms. The molecule has 0 saturated carbocycles. The summed E-state index contributed by atoms with van der Waals surface area (Å²) < 4.78 is 5.27. The van der Waals surface area contributed by atoms with Crippen molar-refractivity contribution in [1.82, 2.24) is 14.9 Å². The highest BCUT2D eigenvalue weighted by Gasteiger charge is 2.25. The van der Waals surface area contributed by atoms with Gasteiger partial charge in [0.15, 0.2) is 0 Å². The van der Waals surface area contributed by atoms with Crippen LogP contribution >= 0.6 is 0 Å². The highest BCUT2D eigenvalue weighted by molar-refractivity contribution is 5.92. The van der Waals surface area contributed by atoms with Crippen molar-refractivity contribution in [1.29, 1.82) is 0 Å². The number of nitrogen functional groups attached to an aromatic ring is 1. The van der Waals surface area contributed by atoms with E-state index < -0.39 is 0 Å². The van der Waals surface area contributed by atoms with E-state index in [-0.39, 0.29) is 23.5 Å². The van der Waals surface area contributed by atoms with E-state index in [9.17, 15) is 4.79 Å². The van der Waals surface area contributed by atoms with Crippen LogP contribution in [0.15, 0.2) is 12.4 Å². The molecule has 0 aliphatic carbocycles. The van der Waals surface area contributed by atoms with Gasteiger partial charge in [0.2, 0.25) is 0 Å². The van der Waals surface area contributed by atoms with Crippen molar-refractivity contribution in [2.75, 3.05) is 25.5 Å². The number of nitrogens with two attached hydrogens (primary N) is 1. The van der Waals surface area contributed by atoms with Crippen LogP contribution in [0.4, 0.5) is 5.82 Å². The van der Waals surface area contributed by atoms with Gasteiger partial charge in [-0.2, -0.15) is 0 Å². The highest BCUT2D eigenvalue weighted by Crippen LogP contribution is 2.10. The largest absolute Gasteiger partial charge is 0.382 e. The lowest BCUT2D eigenvalue weighted by atomic mass is 10.2. The fourth-order valence-electron chi connectivity index (χ4n) is 1.66. The summed E-state index contributed by atoms with van der Waals surface area (Å²) in [6, 6.07) is 0.0597. The summed E-state index contributed by atoms with van der Waals surface area (Å²) >= 11 is 0. The standard InChI is InChI=1S/C10H14N4O2/c1-7-6-16-3-2-14(7)10(15)8-4-12-5-9(11)13-8/h4-5,7H,2-3,6H2,1H3,(H2,11,13). The van der Waals surface area contributed by atoms with E-state index in [0.717, 1.165) is 0 Å². The summed E-state index contributed by atoms with van der Waals surface area (Å²) in [5.74, 6) is 0.113. The lowest BCUT2D eigenvalue weighted by Gasteiger charge is -2.32. The Hall–Kier alpha value is -1.69. The Labute approximate surface area is 93.4 Å². The lowest BCUT2D eigenvalue weighted by Crippen LogP contribution is -2.47. The quantitative estimate of drug-likeness (QED) is 0.718. The van der Waals surface area contributed by atoms with E-state index in [1.54, 1.807) is 4.90 Å². The van der Waals surface area contributed by atoms with Crippen LogP contribution in [-0.4, -0.2) is 46.6 Å². The van der Waals surface area contributed by atoms with E-state index in [4.69, 9.17) is 10.5 Å². The number of hydrogen-bond acceptors (Lipinski definition) is 5. The minimum absolute atomic E-state index is 0.0597. The third-order valence-electron chi connectivity index (χ3n) is 2.50. The first kappa shape index (κ1) is 10.8. The van der Waals surface area contributed by atoms with Crippen LogP contribution in [0.1, 0.15) is 17.4 Å². The second kappa shape index (κ2) is 4.44. The summed E-state index contributed by atoms with van der Waals surface area (Å²) in [7, 11) is 0. The maximum Gasteiger partial charge on any atom is 0.274 e. The molecule has 2 heterocycles. The van der Waals surface area contributed by atoms with Crippen LogP contribution in [0.25, 0.3) is 0 Å². The van der Waals surface area contributed by atoms with Gasteiger partial charge in [-0.3, -0.25) is 9.78 Å². The van der Waals surface area contributed by atoms with Crippen LogP contribution in [0.5, 0.6) is 0 Å². The number of amides is 1. The number of morpholine rings is 1. The summed E-state index contributed by atoms with van der Waals surface area (Å²) in [6.45, 7) is 3.64. The predicted octanol–water partition coefficient (Wildman–Crippen LogP) is -0.0803. The average molecular weight is 222 g/mol. The fourth-order valence-corrected chi connectivity index (χ4v) is 1.66. The van der Waals surface area contributed by atoms with Crippen molar-refractivity contribution in [2.24, 2.45) is 0 Å². The minimum Gasteiger partial charge on any atom is -0.382 e. The first-order chi connectivity index (χ1) is 7.68. The topological polar surface area (TPSA) is 81.3 Å². The molecule has 86 valence electrons. The highest BCUT2D eigenvalue weighted by atomic mass is 16.5. The molecule has 1 aromatic heterocycles. The van der Waals surface area contributed by atoms with Gasteiger partial charge in [-0.15, -0.1) is 0 Å². The molecular formula is C10H14N4O2. The van der Waals surface area contributed by atoms with Gasteiger partial charge in [0.1, 0.15) is 11.5 Å². The molecule has 0 spiro atoms. The molecule has 1 aromatic rings. The molecule has 6 heteroatoms. The van der Waals surface area contributed by atoms with Gasteiger partial charge >= 0.3 is 0 Å². The Balaban J connectivity index is 2.17. The molecule has 1 aliphatic heterocycles. The van der Waals surface area contributed by atoms with Gasteiger partial charge < -0.3 is 15.4 Å². The van der Waals surface area contributed by atoms with Crippen molar-refractivity contribution < 1.29 is 9.53 Å². The molecule has 1 amide bonds. The van der Waals surface area contributed by atoms with Crippen LogP contribution in [0.3, 0.4) is 0 Å². The van der Waals surface area contributed by atoms with Gasteiger partial charge in [0, 0.05) is 6.54 Å². The van der Waals surface area contributed by atoms with Crippen molar-refractivity contribution in [3.63, 3.8) is 0 Å². The van der Waals surface area contributed by atoms with E-state index in [1.807, 2.05) is 6.92 Å². The molecule has 0 radical (unpaired) electrons. The maximum absolute atomic E-state index is 12.1. The van der Waals surface area contributed by atoms with Crippen molar-refractivity contribution >= 4 is 11.7 Å². The van der Waals surface area contributed by atoms with Crippen molar-refractivity contribution in [2.45, 2.75) is 13.0 Å². The Bertz CT molecular complexity index is 396. The van der Waals surface area contributed by atoms with E-state index in [0.29, 0.717) is 19.8 Å². The average Bonchev–Trinajstić information content (AvgIpc) is 2.29. The summed E-state index contributed by atoms with van der Waals surface area (Å²) in [4.78, 5) is 21.6. The van der Waals surface area contributed by atoms with E-state index in [1.165, 1.54) is 12.4 Å². The zero-order chi connectivity index (χ0) is 11.5. The Morgan fingerprint density at radius 1 is 1.62 bits per heavy atom. The molecule has 2 rings (SSSR count). The summed E-state index contributed by atoms with van der Waals surface area (Å²) in [5.41, 5.74) is 5.78. The summed E-state index contributed by atoms with van der Waals surface area (Å²) in [5, 5.41) is 0. The van der Waals surface area contributed by atoms with Crippen LogP contribution in [-0.2, 0) is 4.74 Å². The SMILES string of the molecule is CC1COCCN1C(=O)c1cncc(N)n1. The molecule has 1 aliphatic rings. The molecule has 6 nitrogen and oxygen atoms in total. The maximum atomic E-state index is 12.1. The molecule has 1 saturated heterocycles. The Morgan fingerprint density at radius 2 is 2.44 bits per heavy atom. The van der Waals surface area contributed by atoms with E-state index in [2.05, 4.69) is 9.97 Å². The first-order valence-electron chi connectivity index (χ1n) is 5.14. The predicted molar refractivity (Wildman–Crippen MR) is 57.8 cm³/mol. The number of aromatic nitrogens is 2. The number of nitrogens with zero attached hydrogens (tertiary/aromatic N) is 3. The van der Waals surface area contributed by atoms with Crippen LogP contribution in [0.2, 0.25) is 0 Å². The van der Waals surface area contributed by atoms with Crippen molar-refractivity contribution in [3.8, 4) is 0 Å². The zero-order valence-electron chi connectivity index (χ0n) is 9.09. The number of rotatable bonds is 1. The first-order valence-corrected chi connectivity index (χ1v) is 5.14. The molecule has 0 aromatic carbocycles. The Morgan fingerprint density at radius 3 is 3.12 bits per heavy atom. The fraction of sp³-hybridized carbons (Fsp3) is 0.500. The van der Waals surface area contributed by atoms with Gasteiger partial charge in [-0.25, -0.2) is 4.98 Å². The van der Waals surface area contributed by atoms with Crippen LogP contribution in [0, 0.1) is 0 Å². The van der Waals surface area contributed by atoms with Gasteiger partial charge in [-0.05, 0) is 6.92 Å². The number of carbonyl (C=O) groups is 1. The smallest absolute Gasteiger partial charge is 0.274 e. The van der Waals surface area contributed by atoms with Gasteiger partial charge in [-0.1, -0.05) is 0 Å². The Kier molecular flexibility index (Phi) is 3.00. The molecular weight excluding hydrogens is 208 g/mol. The zero-order valence-corrected chi connectivity index (χ0v) is 9.09. The van der Waals surface area contributed by atoms with Gasteiger partial charge in [0.05, 0.1) is 31.6 Å². The second-order valence-electron chi connectivity index (χ2n) is 3.75. The minimum atomic E-state index is -0.143. The number of anilines is 1. The molecule has 2 N–H and O–H groups in total. The molecule has 1 fully saturated rings. The molecule has 1 unspecified atom stereocenters. The number of carbonyl (C=O) groups excluding carboxylic acids is 1. The van der Waals surface area contributed by atoms with Crippen LogP contribution < -0.4 is 5.73 Å².